The maximum atomic E-state index is 12.8. The van der Waals surface area contributed by atoms with Crippen molar-refractivity contribution >= 4 is 57.4 Å². The number of carbonyl (C=O) groups is 2. The van der Waals surface area contributed by atoms with Crippen LogP contribution in [-0.2, 0) is 4.79 Å². The van der Waals surface area contributed by atoms with Crippen molar-refractivity contribution in [1.82, 2.24) is 0 Å². The van der Waals surface area contributed by atoms with Crippen LogP contribution in [0.25, 0.3) is 6.08 Å². The van der Waals surface area contributed by atoms with Gasteiger partial charge in [0.05, 0.1) is 10.6 Å². The van der Waals surface area contributed by atoms with Crippen molar-refractivity contribution in [2.45, 2.75) is 6.92 Å². The van der Waals surface area contributed by atoms with E-state index in [4.69, 9.17) is 12.2 Å². The topological polar surface area (TPSA) is 40.6 Å². The average Bonchev–Trinajstić information content (AvgIpc) is 2.89. The number of rotatable bonds is 4. The molecule has 1 fully saturated rings. The fraction of sp³-hybridized carbons (Fsp3) is 0.150. The molecule has 2 aromatic carbocycles. The Bertz CT molecular complexity index is 918. The first-order chi connectivity index (χ1) is 12.4. The van der Waals surface area contributed by atoms with E-state index in [-0.39, 0.29) is 11.7 Å². The van der Waals surface area contributed by atoms with Crippen LogP contribution >= 0.6 is 24.0 Å². The first-order valence-corrected chi connectivity index (χ1v) is 9.25. The number of nitrogens with zero attached hydrogens (tertiary/aromatic N) is 2. The number of hydrogen-bond acceptors (Lipinski definition) is 5. The van der Waals surface area contributed by atoms with E-state index in [9.17, 15) is 9.59 Å². The van der Waals surface area contributed by atoms with Crippen molar-refractivity contribution in [3.8, 4) is 0 Å². The van der Waals surface area contributed by atoms with Gasteiger partial charge in [-0.15, -0.1) is 0 Å². The normalized spacial score (nSPS) is 15.7. The smallest absolute Gasteiger partial charge is 0.270 e. The summed E-state index contributed by atoms with van der Waals surface area (Å²) in [5, 5.41) is 0. The number of thioether (sulfide) groups is 1. The highest BCUT2D eigenvalue weighted by Gasteiger charge is 2.33. The second-order valence-electron chi connectivity index (χ2n) is 6.11. The molecule has 0 N–H and O–H groups in total. The third kappa shape index (κ3) is 3.71. The molecule has 0 spiro atoms. The second kappa shape index (κ2) is 7.43. The first kappa shape index (κ1) is 18.4. The molecule has 6 heteroatoms. The van der Waals surface area contributed by atoms with E-state index in [1.807, 2.05) is 49.3 Å². The number of Topliss-reactive ketones (excluding diaryl/α,β-unsaturated/α-hetero) is 1. The van der Waals surface area contributed by atoms with E-state index < -0.39 is 0 Å². The zero-order valence-electron chi connectivity index (χ0n) is 14.7. The highest BCUT2D eigenvalue weighted by Crippen LogP contribution is 2.36. The minimum absolute atomic E-state index is 0.0474. The molecule has 3 rings (SSSR count). The van der Waals surface area contributed by atoms with Crippen LogP contribution in [0.15, 0.2) is 53.4 Å². The number of benzene rings is 2. The van der Waals surface area contributed by atoms with Crippen LogP contribution in [0, 0.1) is 0 Å². The molecule has 0 unspecified atom stereocenters. The fourth-order valence-electron chi connectivity index (χ4n) is 2.57. The lowest BCUT2D eigenvalue weighted by molar-refractivity contribution is -0.113. The van der Waals surface area contributed by atoms with Gasteiger partial charge < -0.3 is 4.90 Å². The Kier molecular flexibility index (Phi) is 5.25. The van der Waals surface area contributed by atoms with Crippen molar-refractivity contribution in [2.24, 2.45) is 0 Å². The van der Waals surface area contributed by atoms with Gasteiger partial charge in [-0.1, -0.05) is 48.2 Å². The lowest BCUT2D eigenvalue weighted by atomic mass is 10.1. The summed E-state index contributed by atoms with van der Waals surface area (Å²) in [6.45, 7) is 1.50. The van der Waals surface area contributed by atoms with Crippen LogP contribution in [-0.4, -0.2) is 30.1 Å². The Balaban J connectivity index is 1.89. The van der Waals surface area contributed by atoms with E-state index in [1.165, 1.54) is 23.6 Å². The predicted octanol–water partition coefficient (Wildman–Crippen LogP) is 4.36. The summed E-state index contributed by atoms with van der Waals surface area (Å²) in [5.41, 5.74) is 3.20. The SMILES string of the molecule is CC(=O)c1cccc(N2C(=O)/C(=C/c3ccc(N(C)C)cc3)SC2=S)c1. The predicted molar refractivity (Wildman–Crippen MR) is 113 cm³/mol. The summed E-state index contributed by atoms with van der Waals surface area (Å²) in [4.78, 5) is 28.5. The Labute approximate surface area is 162 Å². The molecule has 132 valence electrons. The van der Waals surface area contributed by atoms with Crippen LogP contribution in [0.4, 0.5) is 11.4 Å². The van der Waals surface area contributed by atoms with Crippen LogP contribution in [0.2, 0.25) is 0 Å². The summed E-state index contributed by atoms with van der Waals surface area (Å²) in [6, 6.07) is 14.9. The molecule has 0 radical (unpaired) electrons. The number of amides is 1. The van der Waals surface area contributed by atoms with Crippen LogP contribution in [0.3, 0.4) is 0 Å². The minimum atomic E-state index is -0.169. The quantitative estimate of drug-likeness (QED) is 0.446. The summed E-state index contributed by atoms with van der Waals surface area (Å²) >= 11 is 6.66. The van der Waals surface area contributed by atoms with E-state index in [0.29, 0.717) is 20.5 Å². The average molecular weight is 383 g/mol. The van der Waals surface area contributed by atoms with E-state index in [1.54, 1.807) is 24.3 Å². The molecular weight excluding hydrogens is 364 g/mol. The zero-order chi connectivity index (χ0) is 18.8. The Hall–Kier alpha value is -2.44. The maximum absolute atomic E-state index is 12.8. The third-order valence-electron chi connectivity index (χ3n) is 4.01. The van der Waals surface area contributed by atoms with Gasteiger partial charge in [-0.25, -0.2) is 0 Å². The van der Waals surface area contributed by atoms with Gasteiger partial charge in [-0.2, -0.15) is 0 Å². The van der Waals surface area contributed by atoms with E-state index in [2.05, 4.69) is 0 Å². The van der Waals surface area contributed by atoms with Gasteiger partial charge in [-0.05, 0) is 42.8 Å². The maximum Gasteiger partial charge on any atom is 0.270 e. The molecule has 4 nitrogen and oxygen atoms in total. The van der Waals surface area contributed by atoms with Crippen molar-refractivity contribution in [3.05, 3.63) is 64.6 Å². The first-order valence-electron chi connectivity index (χ1n) is 8.03. The molecule has 1 aliphatic rings. The van der Waals surface area contributed by atoms with Crippen LogP contribution < -0.4 is 9.80 Å². The Morgan fingerprint density at radius 1 is 1.15 bits per heavy atom. The molecule has 0 saturated carbocycles. The van der Waals surface area contributed by atoms with E-state index in [0.717, 1.165) is 11.3 Å². The van der Waals surface area contributed by atoms with Gasteiger partial charge in [0.15, 0.2) is 10.1 Å². The zero-order valence-corrected chi connectivity index (χ0v) is 16.4. The molecule has 0 atom stereocenters. The van der Waals surface area contributed by atoms with Crippen molar-refractivity contribution < 1.29 is 9.59 Å². The molecule has 0 aromatic heterocycles. The molecule has 26 heavy (non-hydrogen) atoms. The number of hydrogen-bond donors (Lipinski definition) is 0. The molecule has 1 aliphatic heterocycles. The lowest BCUT2D eigenvalue weighted by Crippen LogP contribution is -2.27. The molecular formula is C20H18N2O2S2. The molecule has 0 aliphatic carbocycles. The van der Waals surface area contributed by atoms with Gasteiger partial charge in [0.2, 0.25) is 0 Å². The molecule has 1 heterocycles. The van der Waals surface area contributed by atoms with Crippen molar-refractivity contribution in [2.75, 3.05) is 23.9 Å². The Morgan fingerprint density at radius 2 is 1.85 bits per heavy atom. The molecule has 0 bridgehead atoms. The molecule has 1 amide bonds. The van der Waals surface area contributed by atoms with Gasteiger partial charge in [-0.3, -0.25) is 14.5 Å². The van der Waals surface area contributed by atoms with Gasteiger partial charge in [0.25, 0.3) is 5.91 Å². The van der Waals surface area contributed by atoms with Crippen molar-refractivity contribution in [1.29, 1.82) is 0 Å². The van der Waals surface area contributed by atoms with Gasteiger partial charge in [0.1, 0.15) is 0 Å². The van der Waals surface area contributed by atoms with Gasteiger partial charge in [0, 0.05) is 25.3 Å². The summed E-state index contributed by atoms with van der Waals surface area (Å²) in [5.74, 6) is -0.216. The molecule has 2 aromatic rings. The minimum Gasteiger partial charge on any atom is -0.378 e. The fourth-order valence-corrected chi connectivity index (χ4v) is 3.87. The number of ketones is 1. The number of thiocarbonyl (C=S) groups is 1. The number of carbonyl (C=O) groups excluding carboxylic acids is 2. The van der Waals surface area contributed by atoms with Gasteiger partial charge >= 0.3 is 0 Å². The third-order valence-corrected chi connectivity index (χ3v) is 5.31. The monoisotopic (exact) mass is 382 g/mol. The summed E-state index contributed by atoms with van der Waals surface area (Å²) < 4.78 is 0.465. The van der Waals surface area contributed by atoms with E-state index >= 15 is 0 Å². The summed E-state index contributed by atoms with van der Waals surface area (Å²) in [7, 11) is 3.96. The molecule has 1 saturated heterocycles. The summed E-state index contributed by atoms with van der Waals surface area (Å²) in [6.07, 6.45) is 1.84. The second-order valence-corrected chi connectivity index (χ2v) is 7.79. The Morgan fingerprint density at radius 3 is 2.46 bits per heavy atom. The number of anilines is 2. The largest absolute Gasteiger partial charge is 0.378 e. The van der Waals surface area contributed by atoms with Crippen LogP contribution in [0.5, 0.6) is 0 Å². The highest BCUT2D eigenvalue weighted by atomic mass is 32.2. The highest BCUT2D eigenvalue weighted by molar-refractivity contribution is 8.27. The lowest BCUT2D eigenvalue weighted by Gasteiger charge is -2.15. The van der Waals surface area contributed by atoms with Crippen molar-refractivity contribution in [3.63, 3.8) is 0 Å². The standard InChI is InChI=1S/C20H18N2O2S2/c1-13(23)15-5-4-6-17(12-15)22-19(24)18(26-20(22)25)11-14-7-9-16(10-8-14)21(2)3/h4-12H,1-3H3/b18-11-. The van der Waals surface area contributed by atoms with Crippen LogP contribution in [0.1, 0.15) is 22.8 Å².